The maximum absolute atomic E-state index is 13.4. The van der Waals surface area contributed by atoms with Crippen LogP contribution in [0.2, 0.25) is 0 Å². The molecule has 21 heavy (non-hydrogen) atoms. The molecule has 2 aromatic rings. The van der Waals surface area contributed by atoms with E-state index in [0.717, 1.165) is 17.7 Å². The Bertz CT molecular complexity index is 725. The molecule has 0 radical (unpaired) electrons. The molecular formula is C15H11F2O3P. The van der Waals surface area contributed by atoms with E-state index < -0.39 is 18.8 Å². The van der Waals surface area contributed by atoms with Gasteiger partial charge in [-0.1, -0.05) is 42.2 Å². The van der Waals surface area contributed by atoms with Crippen LogP contribution in [0.1, 0.15) is 16.7 Å². The van der Waals surface area contributed by atoms with Crippen LogP contribution in [-0.2, 0) is 10.2 Å². The van der Waals surface area contributed by atoms with Gasteiger partial charge in [0, 0.05) is 16.7 Å². The third-order valence-electron chi connectivity index (χ3n) is 2.72. The third-order valence-corrected chi connectivity index (χ3v) is 3.71. The van der Waals surface area contributed by atoms with Crippen LogP contribution in [0.15, 0.2) is 54.6 Å². The largest absolute Gasteiger partial charge is 0.399 e. The van der Waals surface area contributed by atoms with E-state index in [2.05, 4.69) is 11.8 Å². The molecule has 0 aliphatic carbocycles. The summed E-state index contributed by atoms with van der Waals surface area (Å²) >= 11 is 0. The van der Waals surface area contributed by atoms with Crippen LogP contribution in [0.5, 0.6) is 0 Å². The smallest absolute Gasteiger partial charge is 0.320 e. The van der Waals surface area contributed by atoms with Gasteiger partial charge in [0.2, 0.25) is 0 Å². The molecule has 0 saturated carbocycles. The first-order chi connectivity index (χ1) is 9.80. The van der Waals surface area contributed by atoms with Gasteiger partial charge in [-0.15, -0.1) is 0 Å². The van der Waals surface area contributed by atoms with Crippen molar-refractivity contribution in [3.8, 4) is 11.8 Å². The summed E-state index contributed by atoms with van der Waals surface area (Å²) in [6, 6.07) is 13.7. The molecule has 0 unspecified atom stereocenters. The zero-order valence-electron chi connectivity index (χ0n) is 10.7. The van der Waals surface area contributed by atoms with Gasteiger partial charge in [0.25, 0.3) is 0 Å². The molecular weight excluding hydrogens is 297 g/mol. The third kappa shape index (κ3) is 3.56. The molecule has 2 aromatic carbocycles. The minimum atomic E-state index is -5.54. The Morgan fingerprint density at radius 1 is 0.857 bits per heavy atom. The van der Waals surface area contributed by atoms with Gasteiger partial charge in [-0.2, -0.15) is 8.78 Å². The quantitative estimate of drug-likeness (QED) is 0.661. The number of rotatable bonds is 2. The van der Waals surface area contributed by atoms with Crippen LogP contribution < -0.4 is 0 Å². The maximum Gasteiger partial charge on any atom is 0.399 e. The zero-order valence-corrected chi connectivity index (χ0v) is 11.6. The Hall–Kier alpha value is -1.99. The predicted molar refractivity (Wildman–Crippen MR) is 74.8 cm³/mol. The van der Waals surface area contributed by atoms with Gasteiger partial charge in [-0.3, -0.25) is 4.57 Å². The van der Waals surface area contributed by atoms with Crippen molar-refractivity contribution in [2.45, 2.75) is 5.66 Å². The van der Waals surface area contributed by atoms with Crippen LogP contribution in [0.3, 0.4) is 0 Å². The summed E-state index contributed by atoms with van der Waals surface area (Å²) in [5.74, 6) is 5.65. The first-order valence-electron chi connectivity index (χ1n) is 5.92. The van der Waals surface area contributed by atoms with Gasteiger partial charge in [0.15, 0.2) is 0 Å². The molecule has 0 amide bonds. The number of hydrogen-bond acceptors (Lipinski definition) is 1. The van der Waals surface area contributed by atoms with E-state index in [9.17, 15) is 13.3 Å². The second-order valence-corrected chi connectivity index (χ2v) is 5.93. The molecule has 0 bridgehead atoms. The molecule has 0 aliphatic rings. The summed E-state index contributed by atoms with van der Waals surface area (Å²) < 4.78 is 37.7. The van der Waals surface area contributed by atoms with Gasteiger partial charge >= 0.3 is 13.3 Å². The van der Waals surface area contributed by atoms with Crippen molar-refractivity contribution in [2.24, 2.45) is 0 Å². The molecule has 0 aliphatic heterocycles. The molecule has 3 nitrogen and oxygen atoms in total. The molecule has 0 spiro atoms. The lowest BCUT2D eigenvalue weighted by molar-refractivity contribution is 0.0564. The summed E-state index contributed by atoms with van der Waals surface area (Å²) in [4.78, 5) is 17.3. The summed E-state index contributed by atoms with van der Waals surface area (Å²) in [5.41, 5.74) is -3.68. The van der Waals surface area contributed by atoms with Crippen molar-refractivity contribution in [2.75, 3.05) is 0 Å². The molecule has 0 heterocycles. The summed E-state index contributed by atoms with van der Waals surface area (Å²) in [7, 11) is -5.54. The van der Waals surface area contributed by atoms with Crippen LogP contribution in [-0.4, -0.2) is 9.79 Å². The summed E-state index contributed by atoms with van der Waals surface area (Å²) in [6.45, 7) is 0. The van der Waals surface area contributed by atoms with Crippen molar-refractivity contribution < 1.29 is 23.1 Å². The number of benzene rings is 2. The van der Waals surface area contributed by atoms with Gasteiger partial charge in [0.1, 0.15) is 0 Å². The van der Waals surface area contributed by atoms with Crippen molar-refractivity contribution in [3.63, 3.8) is 0 Å². The predicted octanol–water partition coefficient (Wildman–Crippen LogP) is 3.31. The fraction of sp³-hybridized carbons (Fsp3) is 0.0667. The highest BCUT2D eigenvalue weighted by Crippen LogP contribution is 2.59. The van der Waals surface area contributed by atoms with E-state index in [1.54, 1.807) is 0 Å². The Morgan fingerprint density at radius 2 is 1.33 bits per heavy atom. The minimum absolute atomic E-state index is 0.476. The van der Waals surface area contributed by atoms with Crippen LogP contribution in [0, 0.1) is 11.8 Å². The Balaban J connectivity index is 2.25. The molecule has 0 aromatic heterocycles. The van der Waals surface area contributed by atoms with Crippen molar-refractivity contribution in [3.05, 3.63) is 71.3 Å². The van der Waals surface area contributed by atoms with E-state index in [0.29, 0.717) is 5.56 Å². The van der Waals surface area contributed by atoms with E-state index in [-0.39, 0.29) is 0 Å². The highest BCUT2D eigenvalue weighted by Gasteiger charge is 2.50. The van der Waals surface area contributed by atoms with E-state index in [1.807, 2.05) is 30.3 Å². The van der Waals surface area contributed by atoms with Gasteiger partial charge < -0.3 is 9.79 Å². The highest BCUT2D eigenvalue weighted by molar-refractivity contribution is 7.52. The Morgan fingerprint density at radius 3 is 1.81 bits per heavy atom. The standard InChI is InChI=1S/C15H11F2O3P/c16-15(17,21(18,19)20)14-10-8-13(9-11-14)7-6-12-4-2-1-3-5-12/h1-5,8-11H,(H2,18,19,20). The van der Waals surface area contributed by atoms with Gasteiger partial charge in [-0.25, -0.2) is 0 Å². The minimum Gasteiger partial charge on any atom is -0.320 e. The normalized spacial score (nSPS) is 11.6. The molecule has 0 atom stereocenters. The topological polar surface area (TPSA) is 57.5 Å². The molecule has 108 valence electrons. The number of halogens is 2. The SMILES string of the molecule is O=P(O)(O)C(F)(F)c1ccc(C#Cc2ccccc2)cc1. The monoisotopic (exact) mass is 308 g/mol. The average Bonchev–Trinajstić information content (AvgIpc) is 2.45. The van der Waals surface area contributed by atoms with Crippen LogP contribution >= 0.6 is 7.60 Å². The first kappa shape index (κ1) is 15.4. The fourth-order valence-corrected chi connectivity index (χ4v) is 2.07. The maximum atomic E-state index is 13.4. The van der Waals surface area contributed by atoms with Crippen LogP contribution in [0.25, 0.3) is 0 Å². The molecule has 2 rings (SSSR count). The lowest BCUT2D eigenvalue weighted by atomic mass is 10.1. The molecule has 0 saturated heterocycles. The molecule has 2 N–H and O–H groups in total. The van der Waals surface area contributed by atoms with Gasteiger partial charge in [-0.05, 0) is 24.3 Å². The van der Waals surface area contributed by atoms with Crippen molar-refractivity contribution in [1.29, 1.82) is 0 Å². The number of hydrogen-bond donors (Lipinski definition) is 2. The second-order valence-electron chi connectivity index (χ2n) is 4.28. The first-order valence-corrected chi connectivity index (χ1v) is 7.53. The lowest BCUT2D eigenvalue weighted by Crippen LogP contribution is -2.13. The van der Waals surface area contributed by atoms with Crippen molar-refractivity contribution in [1.82, 2.24) is 0 Å². The number of alkyl halides is 2. The lowest BCUT2D eigenvalue weighted by Gasteiger charge is -2.17. The average molecular weight is 308 g/mol. The summed E-state index contributed by atoms with van der Waals surface area (Å²) in [6.07, 6.45) is 0. The highest BCUT2D eigenvalue weighted by atomic mass is 31.2. The molecule has 0 fully saturated rings. The van der Waals surface area contributed by atoms with Gasteiger partial charge in [0.05, 0.1) is 0 Å². The molecule has 6 heteroatoms. The Kier molecular flexibility index (Phi) is 4.24. The summed E-state index contributed by atoms with van der Waals surface area (Å²) in [5, 5.41) is 0. The van der Waals surface area contributed by atoms with E-state index >= 15 is 0 Å². The van der Waals surface area contributed by atoms with Crippen LogP contribution in [0.4, 0.5) is 8.78 Å². The zero-order chi connectivity index (χ0) is 15.5. The van der Waals surface area contributed by atoms with Crippen molar-refractivity contribution >= 4 is 7.60 Å². The van der Waals surface area contributed by atoms with E-state index in [4.69, 9.17) is 9.79 Å². The Labute approximate surface area is 120 Å². The fourth-order valence-electron chi connectivity index (χ4n) is 1.59. The second kappa shape index (κ2) is 5.79. The van der Waals surface area contributed by atoms with E-state index in [1.165, 1.54) is 12.1 Å².